The fraction of sp³-hybridized carbons (Fsp3) is 0.647. The second-order valence-corrected chi connectivity index (χ2v) is 7.18. The lowest BCUT2D eigenvalue weighted by atomic mass is 9.79. The van der Waals surface area contributed by atoms with E-state index in [0.717, 1.165) is 18.6 Å². The Hall–Kier alpha value is -0.440. The maximum atomic E-state index is 6.22. The Kier molecular flexibility index (Phi) is 4.68. The van der Waals surface area contributed by atoms with Crippen LogP contribution in [-0.4, -0.2) is 30.6 Å². The van der Waals surface area contributed by atoms with Crippen molar-refractivity contribution < 1.29 is 4.74 Å². The van der Waals surface area contributed by atoms with Crippen molar-refractivity contribution in [3.05, 3.63) is 28.2 Å². The molecule has 2 saturated heterocycles. The summed E-state index contributed by atoms with van der Waals surface area (Å²) in [5, 5.41) is 1.09. The lowest BCUT2D eigenvalue weighted by Crippen LogP contribution is -2.48. The van der Waals surface area contributed by atoms with Crippen LogP contribution in [0.3, 0.4) is 0 Å². The van der Waals surface area contributed by atoms with Crippen LogP contribution in [-0.2, 0) is 0 Å². The molecule has 0 aromatic heterocycles. The van der Waals surface area contributed by atoms with Gasteiger partial charge in [-0.25, -0.2) is 0 Å². The Balaban J connectivity index is 1.72. The van der Waals surface area contributed by atoms with Crippen molar-refractivity contribution in [1.82, 2.24) is 4.90 Å². The van der Waals surface area contributed by atoms with E-state index in [1.54, 1.807) is 6.07 Å². The minimum atomic E-state index is 0.528. The smallest absolute Gasteiger partial charge is 0.139 e. The van der Waals surface area contributed by atoms with E-state index < -0.39 is 0 Å². The number of rotatable bonds is 4. The van der Waals surface area contributed by atoms with E-state index in [0.29, 0.717) is 27.8 Å². The van der Waals surface area contributed by atoms with Gasteiger partial charge >= 0.3 is 0 Å². The van der Waals surface area contributed by atoms with Gasteiger partial charge in [-0.05, 0) is 44.4 Å². The van der Waals surface area contributed by atoms with Gasteiger partial charge in [-0.3, -0.25) is 0 Å². The minimum Gasteiger partial charge on any atom is -0.492 e. The van der Waals surface area contributed by atoms with Crippen LogP contribution in [0.4, 0.5) is 0 Å². The fourth-order valence-corrected chi connectivity index (χ4v) is 4.52. The zero-order chi connectivity index (χ0) is 15.0. The van der Waals surface area contributed by atoms with Crippen LogP contribution < -0.4 is 4.74 Å². The topological polar surface area (TPSA) is 12.5 Å². The summed E-state index contributed by atoms with van der Waals surface area (Å²) in [4.78, 5) is 2.57. The molecular weight excluding hydrogens is 305 g/mol. The highest BCUT2D eigenvalue weighted by molar-refractivity contribution is 6.42. The highest BCUT2D eigenvalue weighted by Gasteiger charge is 2.44. The minimum absolute atomic E-state index is 0.528. The molecule has 1 aromatic carbocycles. The van der Waals surface area contributed by atoms with Crippen molar-refractivity contribution in [2.24, 2.45) is 11.8 Å². The van der Waals surface area contributed by atoms with Gasteiger partial charge in [0.2, 0.25) is 0 Å². The van der Waals surface area contributed by atoms with Crippen LogP contribution in [0, 0.1) is 11.8 Å². The summed E-state index contributed by atoms with van der Waals surface area (Å²) in [7, 11) is 2.27. The first-order valence-electron chi connectivity index (χ1n) is 7.90. The van der Waals surface area contributed by atoms with Crippen LogP contribution >= 0.6 is 23.2 Å². The van der Waals surface area contributed by atoms with Crippen molar-refractivity contribution >= 4 is 23.2 Å². The van der Waals surface area contributed by atoms with Crippen molar-refractivity contribution in [2.45, 2.75) is 44.7 Å². The zero-order valence-corrected chi connectivity index (χ0v) is 14.2. The van der Waals surface area contributed by atoms with E-state index >= 15 is 0 Å². The van der Waals surface area contributed by atoms with Crippen LogP contribution in [0.25, 0.3) is 0 Å². The third-order valence-corrected chi connectivity index (χ3v) is 6.24. The largest absolute Gasteiger partial charge is 0.492 e. The van der Waals surface area contributed by atoms with Crippen LogP contribution in [0.1, 0.15) is 32.6 Å². The van der Waals surface area contributed by atoms with Gasteiger partial charge in [-0.2, -0.15) is 0 Å². The molecule has 3 rings (SSSR count). The highest BCUT2D eigenvalue weighted by Crippen LogP contribution is 2.43. The summed E-state index contributed by atoms with van der Waals surface area (Å²) in [5.41, 5.74) is 0. The fourth-order valence-electron chi connectivity index (χ4n) is 4.18. The molecule has 21 heavy (non-hydrogen) atoms. The highest BCUT2D eigenvalue weighted by atomic mass is 35.5. The second-order valence-electron chi connectivity index (χ2n) is 6.39. The van der Waals surface area contributed by atoms with Crippen molar-refractivity contribution in [3.63, 3.8) is 0 Å². The molecule has 2 fully saturated rings. The van der Waals surface area contributed by atoms with Gasteiger partial charge in [0, 0.05) is 18.0 Å². The first kappa shape index (κ1) is 15.5. The van der Waals surface area contributed by atoms with Crippen molar-refractivity contribution in [2.75, 3.05) is 13.7 Å². The molecule has 0 spiro atoms. The van der Waals surface area contributed by atoms with Gasteiger partial charge in [-0.1, -0.05) is 42.6 Å². The summed E-state index contributed by atoms with van der Waals surface area (Å²) < 4.78 is 6.05. The number of ether oxygens (including phenoxy) is 1. The molecule has 2 bridgehead atoms. The molecule has 116 valence electrons. The second kappa shape index (κ2) is 6.36. The summed E-state index contributed by atoms with van der Waals surface area (Å²) in [5.74, 6) is 2.06. The number of piperidine rings is 1. The third kappa shape index (κ3) is 2.91. The molecule has 0 amide bonds. The SMILES string of the molecule is CC[C@@H]1CC2CCC([C@H]1COc1cccc(Cl)c1Cl)N2C. The van der Waals surface area contributed by atoms with Gasteiger partial charge in [0.15, 0.2) is 0 Å². The van der Waals surface area contributed by atoms with Crippen LogP contribution in [0.5, 0.6) is 5.75 Å². The maximum absolute atomic E-state index is 6.22. The number of hydrogen-bond donors (Lipinski definition) is 0. The van der Waals surface area contributed by atoms with Crippen LogP contribution in [0.2, 0.25) is 10.0 Å². The predicted octanol–water partition coefficient (Wildman–Crippen LogP) is 4.88. The molecule has 4 heteroatoms. The van der Waals surface area contributed by atoms with Gasteiger partial charge in [-0.15, -0.1) is 0 Å². The van der Waals surface area contributed by atoms with Gasteiger partial charge in [0.1, 0.15) is 10.8 Å². The quantitative estimate of drug-likeness (QED) is 0.781. The van der Waals surface area contributed by atoms with Crippen molar-refractivity contribution in [1.29, 1.82) is 0 Å². The molecule has 2 unspecified atom stereocenters. The predicted molar refractivity (Wildman–Crippen MR) is 88.4 cm³/mol. The van der Waals surface area contributed by atoms with Gasteiger partial charge in [0.25, 0.3) is 0 Å². The summed E-state index contributed by atoms with van der Waals surface area (Å²) in [6, 6.07) is 7.03. The zero-order valence-electron chi connectivity index (χ0n) is 12.7. The average molecular weight is 328 g/mol. The lowest BCUT2D eigenvalue weighted by molar-refractivity contribution is 0.0361. The van der Waals surface area contributed by atoms with E-state index in [9.17, 15) is 0 Å². The standard InChI is InChI=1S/C17H23Cl2NO/c1-3-11-9-12-7-8-15(20(12)2)13(11)10-21-16-6-4-5-14(18)17(16)19/h4-6,11-13,15H,3,7-10H2,1-2H3/t11-,12?,13+,15?/m1/s1. The molecule has 2 heterocycles. The summed E-state index contributed by atoms with van der Waals surface area (Å²) in [6.07, 6.45) is 5.18. The molecular formula is C17H23Cl2NO. The maximum Gasteiger partial charge on any atom is 0.139 e. The van der Waals surface area contributed by atoms with E-state index in [1.807, 2.05) is 12.1 Å². The Morgan fingerprint density at radius 2 is 2.10 bits per heavy atom. The molecule has 4 atom stereocenters. The van der Waals surface area contributed by atoms with E-state index in [2.05, 4.69) is 18.9 Å². The Labute approximate surface area is 137 Å². The molecule has 2 nitrogen and oxygen atoms in total. The normalized spacial score (nSPS) is 32.4. The molecule has 0 aliphatic carbocycles. The summed E-state index contributed by atoms with van der Waals surface area (Å²) in [6.45, 7) is 3.04. The van der Waals surface area contributed by atoms with Crippen molar-refractivity contribution in [3.8, 4) is 5.75 Å². The number of halogens is 2. The Bertz CT molecular complexity index is 508. The third-order valence-electron chi connectivity index (χ3n) is 5.44. The molecule has 1 aromatic rings. The van der Waals surface area contributed by atoms with Crippen LogP contribution in [0.15, 0.2) is 18.2 Å². The number of hydrogen-bond acceptors (Lipinski definition) is 2. The average Bonchev–Trinajstić information content (AvgIpc) is 2.73. The van der Waals surface area contributed by atoms with E-state index in [4.69, 9.17) is 27.9 Å². The van der Waals surface area contributed by atoms with Gasteiger partial charge in [0.05, 0.1) is 11.6 Å². The number of nitrogens with zero attached hydrogens (tertiary/aromatic N) is 1. The monoisotopic (exact) mass is 327 g/mol. The molecule has 0 saturated carbocycles. The Morgan fingerprint density at radius 3 is 2.86 bits per heavy atom. The Morgan fingerprint density at radius 1 is 1.29 bits per heavy atom. The molecule has 2 aliphatic rings. The molecule has 0 N–H and O–H groups in total. The first-order valence-corrected chi connectivity index (χ1v) is 8.66. The van der Waals surface area contributed by atoms with Gasteiger partial charge < -0.3 is 9.64 Å². The van der Waals surface area contributed by atoms with E-state index in [1.165, 1.54) is 25.7 Å². The lowest BCUT2D eigenvalue weighted by Gasteiger charge is -2.42. The molecule has 2 aliphatic heterocycles. The van der Waals surface area contributed by atoms with E-state index in [-0.39, 0.29) is 0 Å². The first-order chi connectivity index (χ1) is 10.1. The molecule has 0 radical (unpaired) electrons. The number of benzene rings is 1. The number of fused-ring (bicyclic) bond motifs is 2. The summed E-state index contributed by atoms with van der Waals surface area (Å²) >= 11 is 12.3.